The Morgan fingerprint density at radius 2 is 1.97 bits per heavy atom. The number of carbonyl (C=O) groups is 2. The van der Waals surface area contributed by atoms with Gasteiger partial charge in [-0.15, -0.1) is 0 Å². The van der Waals surface area contributed by atoms with Crippen LogP contribution in [-0.4, -0.2) is 72.9 Å². The molecule has 2 fully saturated rings. The molecule has 1 amide bonds. The van der Waals surface area contributed by atoms with Crippen molar-refractivity contribution in [2.45, 2.75) is 31.7 Å². The Bertz CT molecular complexity index is 791. The third-order valence-corrected chi connectivity index (χ3v) is 5.69. The average Bonchev–Trinajstić information content (AvgIpc) is 3.06. The number of likely N-dealkylation sites (tertiary alicyclic amines) is 1. The minimum Gasteiger partial charge on any atom is -0.475 e. The summed E-state index contributed by atoms with van der Waals surface area (Å²) < 4.78 is 51.2. The third-order valence-electron chi connectivity index (χ3n) is 5.39. The summed E-state index contributed by atoms with van der Waals surface area (Å²) in [4.78, 5) is 24.8. The van der Waals surface area contributed by atoms with Crippen molar-refractivity contribution in [2.75, 3.05) is 33.8 Å². The molecule has 2 heterocycles. The van der Waals surface area contributed by atoms with E-state index in [1.54, 1.807) is 25.1 Å². The highest BCUT2D eigenvalue weighted by Crippen LogP contribution is 2.36. The molecule has 0 saturated carbocycles. The molecule has 0 radical (unpaired) electrons. The highest BCUT2D eigenvalue weighted by molar-refractivity contribution is 6.30. The minimum atomic E-state index is -5.08. The molecule has 6 nitrogen and oxygen atoms in total. The number of aliphatic carboxylic acids is 1. The number of nitrogens with zero attached hydrogens (tertiary/aromatic N) is 2. The Hall–Kier alpha value is -1.91. The van der Waals surface area contributed by atoms with E-state index < -0.39 is 12.1 Å². The molecule has 2 saturated heterocycles. The molecule has 2 aliphatic rings. The second-order valence-corrected chi connectivity index (χ2v) is 8.27. The van der Waals surface area contributed by atoms with Crippen molar-refractivity contribution >= 4 is 23.5 Å². The van der Waals surface area contributed by atoms with Crippen LogP contribution in [0.25, 0.3) is 0 Å². The summed E-state index contributed by atoms with van der Waals surface area (Å²) in [6.45, 7) is 3.31. The summed E-state index contributed by atoms with van der Waals surface area (Å²) in [7, 11) is 3.56. The van der Waals surface area contributed by atoms with Crippen LogP contribution in [-0.2, 0) is 20.9 Å². The quantitative estimate of drug-likeness (QED) is 0.686. The number of benzene rings is 1. The second kappa shape index (κ2) is 10.6. The van der Waals surface area contributed by atoms with Crippen molar-refractivity contribution in [3.05, 3.63) is 34.6 Å². The summed E-state index contributed by atoms with van der Waals surface area (Å²) in [6.07, 6.45) is -3.55. The summed E-state index contributed by atoms with van der Waals surface area (Å²) in [5.74, 6) is -2.09. The molecule has 3 atom stereocenters. The zero-order valence-electron chi connectivity index (χ0n) is 17.2. The Morgan fingerprint density at radius 1 is 1.32 bits per heavy atom. The zero-order valence-corrected chi connectivity index (χ0v) is 17.9. The maximum Gasteiger partial charge on any atom is 0.490 e. The molecule has 0 unspecified atom stereocenters. The highest BCUT2D eigenvalue weighted by Gasteiger charge is 2.41. The van der Waals surface area contributed by atoms with E-state index >= 15 is 0 Å². The molecular weight excluding hydrogens is 444 g/mol. The average molecular weight is 469 g/mol. The first-order chi connectivity index (χ1) is 14.4. The molecule has 1 aromatic rings. The monoisotopic (exact) mass is 468 g/mol. The number of hydrogen-bond donors (Lipinski definition) is 1. The normalized spacial score (nSPS) is 23.5. The fourth-order valence-corrected chi connectivity index (χ4v) is 3.88. The zero-order chi connectivity index (χ0) is 23.3. The molecule has 0 aromatic heterocycles. The lowest BCUT2D eigenvalue weighted by molar-refractivity contribution is -0.192. The van der Waals surface area contributed by atoms with Gasteiger partial charge in [-0.1, -0.05) is 17.7 Å². The van der Waals surface area contributed by atoms with E-state index in [0.717, 1.165) is 31.6 Å². The van der Waals surface area contributed by atoms with Gasteiger partial charge in [-0.3, -0.25) is 9.69 Å². The van der Waals surface area contributed by atoms with Crippen molar-refractivity contribution in [3.8, 4) is 0 Å². The minimum absolute atomic E-state index is 0.0417. The number of halogens is 5. The van der Waals surface area contributed by atoms with Crippen LogP contribution in [0.5, 0.6) is 0 Å². The van der Waals surface area contributed by atoms with Crippen molar-refractivity contribution in [1.29, 1.82) is 0 Å². The number of amides is 1. The van der Waals surface area contributed by atoms with Crippen LogP contribution < -0.4 is 0 Å². The molecule has 0 bridgehead atoms. The Kier molecular flexibility index (Phi) is 8.67. The molecule has 11 heteroatoms. The summed E-state index contributed by atoms with van der Waals surface area (Å²) in [5, 5.41) is 7.29. The van der Waals surface area contributed by atoms with Gasteiger partial charge in [-0.2, -0.15) is 13.2 Å². The largest absolute Gasteiger partial charge is 0.490 e. The Labute approximate surface area is 182 Å². The maximum absolute atomic E-state index is 13.6. The van der Waals surface area contributed by atoms with Gasteiger partial charge in [0.25, 0.3) is 0 Å². The summed E-state index contributed by atoms with van der Waals surface area (Å²) >= 11 is 5.74. The highest BCUT2D eigenvalue weighted by atomic mass is 35.5. The summed E-state index contributed by atoms with van der Waals surface area (Å²) in [5.41, 5.74) is 0.939. The van der Waals surface area contributed by atoms with Crippen LogP contribution in [0.15, 0.2) is 18.2 Å². The van der Waals surface area contributed by atoms with Crippen LogP contribution in [0.2, 0.25) is 5.02 Å². The number of hydrogen-bond acceptors (Lipinski definition) is 4. The molecule has 0 spiro atoms. The van der Waals surface area contributed by atoms with Crippen LogP contribution in [0.4, 0.5) is 17.6 Å². The number of carboxylic acids is 1. The molecule has 1 aromatic carbocycles. The van der Waals surface area contributed by atoms with Crippen molar-refractivity contribution in [2.24, 2.45) is 11.8 Å². The first kappa shape index (κ1) is 25.4. The summed E-state index contributed by atoms with van der Waals surface area (Å²) in [6, 6.07) is 5.00. The van der Waals surface area contributed by atoms with Crippen LogP contribution in [0.1, 0.15) is 18.4 Å². The predicted molar refractivity (Wildman–Crippen MR) is 105 cm³/mol. The van der Waals surface area contributed by atoms with E-state index in [4.69, 9.17) is 26.2 Å². The second-order valence-electron chi connectivity index (χ2n) is 7.86. The van der Waals surface area contributed by atoms with Gasteiger partial charge in [0.05, 0.1) is 24.2 Å². The van der Waals surface area contributed by atoms with Gasteiger partial charge in [0.1, 0.15) is 5.82 Å². The van der Waals surface area contributed by atoms with Gasteiger partial charge in [0.15, 0.2) is 0 Å². The van der Waals surface area contributed by atoms with Crippen molar-refractivity contribution in [3.63, 3.8) is 0 Å². The number of alkyl halides is 3. The molecule has 174 valence electrons. The lowest BCUT2D eigenvalue weighted by atomic mass is 9.83. The van der Waals surface area contributed by atoms with E-state index in [-0.39, 0.29) is 22.9 Å². The molecule has 31 heavy (non-hydrogen) atoms. The van der Waals surface area contributed by atoms with Crippen molar-refractivity contribution < 1.29 is 37.0 Å². The van der Waals surface area contributed by atoms with Crippen molar-refractivity contribution in [1.82, 2.24) is 9.80 Å². The van der Waals surface area contributed by atoms with Crippen LogP contribution >= 0.6 is 11.6 Å². The molecule has 0 aliphatic carbocycles. The predicted octanol–water partition coefficient (Wildman–Crippen LogP) is 3.43. The number of rotatable bonds is 4. The fourth-order valence-electron chi connectivity index (χ4n) is 3.77. The van der Waals surface area contributed by atoms with Gasteiger partial charge in [0.2, 0.25) is 5.91 Å². The van der Waals surface area contributed by atoms with Gasteiger partial charge in [-0.25, -0.2) is 9.18 Å². The van der Waals surface area contributed by atoms with E-state index in [1.807, 2.05) is 6.07 Å². The SMILES string of the molecule is CN(C)C(=O)C[C@H]1OC[C@H]2CN(Cc3ccc(Cl)c(F)c3)CC[C@H]21.O=C(O)C(F)(F)F. The smallest absolute Gasteiger partial charge is 0.475 e. The Balaban J connectivity index is 0.000000423. The first-order valence-corrected chi connectivity index (χ1v) is 10.0. The van der Waals surface area contributed by atoms with Gasteiger partial charge in [0, 0.05) is 33.1 Å². The standard InChI is InChI=1S/C18H24ClFN2O2.C2HF3O2/c1-21(2)18(23)8-17-14-5-6-22(10-13(14)11-24-17)9-12-3-4-15(19)16(20)7-12;3-2(4,5)1(6)7/h3-4,7,13-14,17H,5-6,8-11H2,1-2H3;(H,6,7)/t13-,14-,17-;/m1./s1. The topological polar surface area (TPSA) is 70.1 Å². The van der Waals surface area contributed by atoms with Crippen LogP contribution in [0.3, 0.4) is 0 Å². The van der Waals surface area contributed by atoms with Gasteiger partial charge < -0.3 is 14.7 Å². The number of fused-ring (bicyclic) bond motifs is 1. The van der Waals surface area contributed by atoms with E-state index in [1.165, 1.54) is 6.07 Å². The third kappa shape index (κ3) is 7.33. The first-order valence-electron chi connectivity index (χ1n) is 9.66. The van der Waals surface area contributed by atoms with Gasteiger partial charge >= 0.3 is 12.1 Å². The number of carboxylic acid groups (broad SMARTS) is 1. The van der Waals surface area contributed by atoms with E-state index in [2.05, 4.69) is 4.90 Å². The van der Waals surface area contributed by atoms with E-state index in [9.17, 15) is 22.4 Å². The van der Waals surface area contributed by atoms with E-state index in [0.29, 0.717) is 24.9 Å². The molecular formula is C20H25ClF4N2O4. The molecule has 2 aliphatic heterocycles. The lowest BCUT2D eigenvalue weighted by Crippen LogP contribution is -2.41. The van der Waals surface area contributed by atoms with Gasteiger partial charge in [-0.05, 0) is 36.6 Å². The maximum atomic E-state index is 13.6. The molecule has 3 rings (SSSR count). The number of ether oxygens (including phenoxy) is 1. The number of carbonyl (C=O) groups excluding carboxylic acids is 1. The number of piperidine rings is 1. The lowest BCUT2D eigenvalue weighted by Gasteiger charge is -2.35. The molecule has 1 N–H and O–H groups in total. The van der Waals surface area contributed by atoms with Crippen LogP contribution in [0, 0.1) is 17.7 Å². The fraction of sp³-hybridized carbons (Fsp3) is 0.600. The Morgan fingerprint density at radius 3 is 2.52 bits per heavy atom.